The number of sulfone groups is 1. The summed E-state index contributed by atoms with van der Waals surface area (Å²) < 4.78 is 22.7. The second-order valence-electron chi connectivity index (χ2n) is 6.64. The molecule has 1 N–H and O–H groups in total. The first-order valence-corrected chi connectivity index (χ1v) is 10.6. The largest absolute Gasteiger partial charge is 0.312 e. The van der Waals surface area contributed by atoms with E-state index >= 15 is 0 Å². The Balaban J connectivity index is 2.73. The Bertz CT molecular complexity index is 391. The minimum atomic E-state index is -2.85. The Kier molecular flexibility index (Phi) is 7.65. The summed E-state index contributed by atoms with van der Waals surface area (Å²) in [6.07, 6.45) is 8.04. The van der Waals surface area contributed by atoms with Gasteiger partial charge in [-0.3, -0.25) is 4.90 Å². The fourth-order valence-corrected chi connectivity index (χ4v) is 4.22. The summed E-state index contributed by atoms with van der Waals surface area (Å²) in [4.78, 5) is 2.63. The molecule has 0 bridgehead atoms. The van der Waals surface area contributed by atoms with Gasteiger partial charge in [0.1, 0.15) is 9.84 Å². The van der Waals surface area contributed by atoms with Crippen molar-refractivity contribution in [3.63, 3.8) is 0 Å². The molecule has 0 aliphatic carbocycles. The standard InChI is InChI=1S/C16H34N2O2S/c1-5-16(3,18-12-8-7-9-13-18)15(17-6-2)11-10-14-21(4,19)20/h15,17H,5-14H2,1-4H3. The summed E-state index contributed by atoms with van der Waals surface area (Å²) in [5, 5.41) is 3.62. The highest BCUT2D eigenvalue weighted by Crippen LogP contribution is 2.29. The van der Waals surface area contributed by atoms with Gasteiger partial charge in [0.05, 0.1) is 0 Å². The van der Waals surface area contributed by atoms with Crippen LogP contribution in [0.5, 0.6) is 0 Å². The Morgan fingerprint density at radius 2 is 1.81 bits per heavy atom. The second-order valence-corrected chi connectivity index (χ2v) is 8.90. The SMILES string of the molecule is CCNC(CCCS(C)(=O)=O)C(C)(CC)N1CCCCC1. The van der Waals surface area contributed by atoms with Gasteiger partial charge in [0, 0.05) is 23.6 Å². The Labute approximate surface area is 131 Å². The van der Waals surface area contributed by atoms with Gasteiger partial charge in [-0.25, -0.2) is 8.42 Å². The van der Waals surface area contributed by atoms with Gasteiger partial charge in [-0.2, -0.15) is 0 Å². The van der Waals surface area contributed by atoms with Crippen molar-refractivity contribution >= 4 is 9.84 Å². The number of nitrogens with zero attached hydrogens (tertiary/aromatic N) is 1. The van der Waals surface area contributed by atoms with Crippen LogP contribution in [-0.4, -0.2) is 56.5 Å². The molecule has 1 heterocycles. The average Bonchev–Trinajstić information content (AvgIpc) is 2.45. The zero-order valence-corrected chi connectivity index (χ0v) is 15.1. The average molecular weight is 319 g/mol. The lowest BCUT2D eigenvalue weighted by molar-refractivity contribution is 0.0405. The van der Waals surface area contributed by atoms with Crippen molar-refractivity contribution in [2.45, 2.75) is 70.9 Å². The van der Waals surface area contributed by atoms with Gasteiger partial charge in [-0.05, 0) is 58.7 Å². The molecule has 0 saturated carbocycles. The highest BCUT2D eigenvalue weighted by molar-refractivity contribution is 7.90. The number of nitrogens with one attached hydrogen (secondary N) is 1. The van der Waals surface area contributed by atoms with Gasteiger partial charge >= 0.3 is 0 Å². The molecule has 1 aliphatic rings. The molecule has 0 spiro atoms. The van der Waals surface area contributed by atoms with Crippen molar-refractivity contribution in [2.24, 2.45) is 0 Å². The molecule has 0 amide bonds. The van der Waals surface area contributed by atoms with E-state index < -0.39 is 9.84 Å². The van der Waals surface area contributed by atoms with Crippen LogP contribution < -0.4 is 5.32 Å². The molecule has 21 heavy (non-hydrogen) atoms. The van der Waals surface area contributed by atoms with Crippen LogP contribution in [0.1, 0.15) is 59.3 Å². The smallest absolute Gasteiger partial charge is 0.147 e. The van der Waals surface area contributed by atoms with E-state index in [4.69, 9.17) is 0 Å². The molecule has 5 heteroatoms. The first kappa shape index (κ1) is 18.9. The summed E-state index contributed by atoms with van der Waals surface area (Å²) in [6.45, 7) is 10.0. The van der Waals surface area contributed by atoms with Crippen LogP contribution in [0.4, 0.5) is 0 Å². The predicted molar refractivity (Wildman–Crippen MR) is 90.5 cm³/mol. The van der Waals surface area contributed by atoms with E-state index in [1.807, 2.05) is 0 Å². The van der Waals surface area contributed by atoms with E-state index in [0.29, 0.717) is 11.8 Å². The molecule has 1 saturated heterocycles. The van der Waals surface area contributed by atoms with Crippen LogP contribution in [0.25, 0.3) is 0 Å². The van der Waals surface area contributed by atoms with E-state index in [-0.39, 0.29) is 5.54 Å². The maximum absolute atomic E-state index is 11.4. The molecule has 0 aromatic carbocycles. The zero-order valence-electron chi connectivity index (χ0n) is 14.3. The van der Waals surface area contributed by atoms with Crippen molar-refractivity contribution in [2.75, 3.05) is 31.6 Å². The number of piperidine rings is 1. The lowest BCUT2D eigenvalue weighted by Crippen LogP contribution is -2.60. The summed E-state index contributed by atoms with van der Waals surface area (Å²) in [6, 6.07) is 0.368. The van der Waals surface area contributed by atoms with E-state index in [2.05, 4.69) is 31.0 Å². The molecular weight excluding hydrogens is 284 g/mol. The molecule has 126 valence electrons. The molecule has 1 rings (SSSR count). The Morgan fingerprint density at radius 3 is 2.29 bits per heavy atom. The zero-order chi connectivity index (χ0) is 15.9. The topological polar surface area (TPSA) is 49.4 Å². The molecule has 1 aliphatic heterocycles. The van der Waals surface area contributed by atoms with Crippen molar-refractivity contribution in [1.29, 1.82) is 0 Å². The monoisotopic (exact) mass is 318 g/mol. The third-order valence-corrected chi connectivity index (χ3v) is 6.03. The van der Waals surface area contributed by atoms with E-state index in [1.54, 1.807) is 0 Å². The molecule has 1 fully saturated rings. The summed E-state index contributed by atoms with van der Waals surface area (Å²) in [7, 11) is -2.85. The highest BCUT2D eigenvalue weighted by atomic mass is 32.2. The summed E-state index contributed by atoms with van der Waals surface area (Å²) in [5.41, 5.74) is 0.133. The van der Waals surface area contributed by atoms with Crippen LogP contribution in [-0.2, 0) is 9.84 Å². The quantitative estimate of drug-likeness (QED) is 0.709. The molecular formula is C16H34N2O2S. The van der Waals surface area contributed by atoms with Gasteiger partial charge in [0.15, 0.2) is 0 Å². The van der Waals surface area contributed by atoms with Crippen molar-refractivity contribution in [3.8, 4) is 0 Å². The van der Waals surface area contributed by atoms with Gasteiger partial charge in [-0.15, -0.1) is 0 Å². The van der Waals surface area contributed by atoms with Crippen molar-refractivity contribution in [3.05, 3.63) is 0 Å². The van der Waals surface area contributed by atoms with Crippen LogP contribution in [0.3, 0.4) is 0 Å². The number of hydrogen-bond acceptors (Lipinski definition) is 4. The Morgan fingerprint density at radius 1 is 1.19 bits per heavy atom. The fraction of sp³-hybridized carbons (Fsp3) is 1.00. The maximum atomic E-state index is 11.4. The van der Waals surface area contributed by atoms with Crippen LogP contribution in [0.15, 0.2) is 0 Å². The van der Waals surface area contributed by atoms with E-state index in [1.165, 1.54) is 38.6 Å². The molecule has 0 aromatic heterocycles. The fourth-order valence-electron chi connectivity index (χ4n) is 3.52. The highest BCUT2D eigenvalue weighted by Gasteiger charge is 2.37. The van der Waals surface area contributed by atoms with Crippen LogP contribution in [0.2, 0.25) is 0 Å². The minimum Gasteiger partial charge on any atom is -0.312 e. The van der Waals surface area contributed by atoms with Crippen LogP contribution >= 0.6 is 0 Å². The van der Waals surface area contributed by atoms with Gasteiger partial charge < -0.3 is 5.32 Å². The summed E-state index contributed by atoms with van der Waals surface area (Å²) >= 11 is 0. The second kappa shape index (κ2) is 8.49. The predicted octanol–water partition coefficient (Wildman–Crippen LogP) is 2.44. The number of hydrogen-bond donors (Lipinski definition) is 1. The lowest BCUT2D eigenvalue weighted by Gasteiger charge is -2.48. The third-order valence-electron chi connectivity index (χ3n) is 5.00. The maximum Gasteiger partial charge on any atom is 0.147 e. The normalized spacial score (nSPS) is 21.9. The van der Waals surface area contributed by atoms with Crippen molar-refractivity contribution < 1.29 is 8.42 Å². The van der Waals surface area contributed by atoms with Crippen LogP contribution in [0, 0.1) is 0 Å². The van der Waals surface area contributed by atoms with Crippen molar-refractivity contribution in [1.82, 2.24) is 10.2 Å². The molecule has 4 nitrogen and oxygen atoms in total. The minimum absolute atomic E-state index is 0.133. The Hall–Kier alpha value is -0.130. The first-order chi connectivity index (χ1) is 9.83. The number of likely N-dealkylation sites (N-methyl/N-ethyl adjacent to an activating group) is 1. The molecule has 2 unspecified atom stereocenters. The van der Waals surface area contributed by atoms with Gasteiger partial charge in [0.25, 0.3) is 0 Å². The first-order valence-electron chi connectivity index (χ1n) is 8.49. The van der Waals surface area contributed by atoms with E-state index in [0.717, 1.165) is 25.8 Å². The number of rotatable bonds is 9. The van der Waals surface area contributed by atoms with E-state index in [9.17, 15) is 8.42 Å². The molecule has 0 aromatic rings. The molecule has 0 radical (unpaired) electrons. The molecule has 2 atom stereocenters. The lowest BCUT2D eigenvalue weighted by atomic mass is 9.83. The van der Waals surface area contributed by atoms with Gasteiger partial charge in [0.2, 0.25) is 0 Å². The third kappa shape index (κ3) is 5.87. The van der Waals surface area contributed by atoms with Gasteiger partial charge in [-0.1, -0.05) is 20.3 Å². The summed E-state index contributed by atoms with van der Waals surface area (Å²) in [5.74, 6) is 0.300. The number of likely N-dealkylation sites (tertiary alicyclic amines) is 1.